The highest BCUT2D eigenvalue weighted by molar-refractivity contribution is 7.10. The normalized spacial score (nSPS) is 18.9. The van der Waals surface area contributed by atoms with Gasteiger partial charge in [0.25, 0.3) is 0 Å². The molecule has 1 fully saturated rings. The zero-order chi connectivity index (χ0) is 13.1. The molecular formula is C14H17N3OS. The average Bonchev–Trinajstić information content (AvgIpc) is 3.14. The molecule has 0 aromatic carbocycles. The molecule has 1 aliphatic heterocycles. The molecule has 0 saturated carbocycles. The summed E-state index contributed by atoms with van der Waals surface area (Å²) in [6.07, 6.45) is 6.37. The molecule has 0 N–H and O–H groups in total. The second-order valence-corrected chi connectivity index (χ2v) is 5.76. The maximum Gasteiger partial charge on any atom is 0.224 e. The number of hydrogen-bond donors (Lipinski definition) is 0. The summed E-state index contributed by atoms with van der Waals surface area (Å²) in [5.41, 5.74) is 0. The van der Waals surface area contributed by atoms with E-state index in [0.29, 0.717) is 19.0 Å². The molecule has 1 amide bonds. The fourth-order valence-electron chi connectivity index (χ4n) is 2.63. The van der Waals surface area contributed by atoms with Crippen LogP contribution < -0.4 is 0 Å². The van der Waals surface area contributed by atoms with Crippen LogP contribution in [0.3, 0.4) is 0 Å². The number of aromatic nitrogens is 2. The number of aryl methyl sites for hydroxylation is 1. The molecule has 1 saturated heterocycles. The minimum Gasteiger partial charge on any atom is -0.335 e. The van der Waals surface area contributed by atoms with Crippen LogP contribution in [-0.4, -0.2) is 27.1 Å². The molecule has 3 heterocycles. The Bertz CT molecular complexity index is 521. The van der Waals surface area contributed by atoms with Crippen LogP contribution in [0.4, 0.5) is 0 Å². The Morgan fingerprint density at radius 3 is 3.16 bits per heavy atom. The van der Waals surface area contributed by atoms with Crippen molar-refractivity contribution in [2.45, 2.75) is 31.8 Å². The van der Waals surface area contributed by atoms with Crippen molar-refractivity contribution >= 4 is 17.2 Å². The standard InChI is InChI=1S/C14H17N3OS/c18-14(6-10-16-8-3-7-15-16)17-9-1-4-12(17)13-5-2-11-19-13/h2-3,5,7-8,11-12H,1,4,6,9-10H2/t12-/m0/s1. The number of thiophene rings is 1. The highest BCUT2D eigenvalue weighted by Crippen LogP contribution is 2.34. The van der Waals surface area contributed by atoms with Gasteiger partial charge in [0, 0.05) is 36.8 Å². The monoisotopic (exact) mass is 275 g/mol. The maximum atomic E-state index is 12.3. The SMILES string of the molecule is O=C(CCn1cccn1)N1CCC[C@H]1c1cccs1. The van der Waals surface area contributed by atoms with Crippen LogP contribution in [0.1, 0.15) is 30.2 Å². The fourth-order valence-corrected chi connectivity index (χ4v) is 3.50. The minimum atomic E-state index is 0.242. The average molecular weight is 275 g/mol. The number of rotatable bonds is 4. The first kappa shape index (κ1) is 12.4. The highest BCUT2D eigenvalue weighted by atomic mass is 32.1. The van der Waals surface area contributed by atoms with Gasteiger partial charge >= 0.3 is 0 Å². The quantitative estimate of drug-likeness (QED) is 0.860. The van der Waals surface area contributed by atoms with Crippen molar-refractivity contribution in [2.75, 3.05) is 6.54 Å². The summed E-state index contributed by atoms with van der Waals surface area (Å²) in [5, 5.41) is 6.22. The molecule has 4 nitrogen and oxygen atoms in total. The molecule has 100 valence electrons. The predicted molar refractivity (Wildman–Crippen MR) is 74.9 cm³/mol. The van der Waals surface area contributed by atoms with E-state index >= 15 is 0 Å². The summed E-state index contributed by atoms with van der Waals surface area (Å²) < 4.78 is 1.81. The molecule has 2 aromatic rings. The number of amides is 1. The second kappa shape index (κ2) is 5.57. The number of nitrogens with zero attached hydrogens (tertiary/aromatic N) is 3. The lowest BCUT2D eigenvalue weighted by atomic mass is 10.2. The molecule has 0 spiro atoms. The molecule has 0 unspecified atom stereocenters. The largest absolute Gasteiger partial charge is 0.335 e. The van der Waals surface area contributed by atoms with Crippen LogP contribution in [0, 0.1) is 0 Å². The Morgan fingerprint density at radius 1 is 1.47 bits per heavy atom. The molecule has 0 radical (unpaired) electrons. The second-order valence-electron chi connectivity index (χ2n) is 4.78. The van der Waals surface area contributed by atoms with Gasteiger partial charge in [-0.15, -0.1) is 11.3 Å². The minimum absolute atomic E-state index is 0.242. The lowest BCUT2D eigenvalue weighted by Gasteiger charge is -2.24. The highest BCUT2D eigenvalue weighted by Gasteiger charge is 2.30. The van der Waals surface area contributed by atoms with Gasteiger partial charge < -0.3 is 4.90 Å². The topological polar surface area (TPSA) is 38.1 Å². The molecule has 5 heteroatoms. The lowest BCUT2D eigenvalue weighted by Crippen LogP contribution is -2.30. The molecule has 1 aliphatic rings. The number of likely N-dealkylation sites (tertiary alicyclic amines) is 1. The number of carbonyl (C=O) groups excluding carboxylic acids is 1. The van der Waals surface area contributed by atoms with Crippen LogP contribution in [-0.2, 0) is 11.3 Å². The summed E-state index contributed by atoms with van der Waals surface area (Å²) in [6, 6.07) is 6.37. The molecule has 1 atom stereocenters. The van der Waals surface area contributed by atoms with E-state index in [4.69, 9.17) is 0 Å². The molecule has 19 heavy (non-hydrogen) atoms. The van der Waals surface area contributed by atoms with Gasteiger partial charge in [0.1, 0.15) is 0 Å². The van der Waals surface area contributed by atoms with Crippen molar-refractivity contribution in [1.82, 2.24) is 14.7 Å². The van der Waals surface area contributed by atoms with Crippen molar-refractivity contribution < 1.29 is 4.79 Å². The Labute approximate surface area is 116 Å². The van der Waals surface area contributed by atoms with Gasteiger partial charge in [0.2, 0.25) is 5.91 Å². The van der Waals surface area contributed by atoms with Gasteiger partial charge in [-0.2, -0.15) is 5.10 Å². The van der Waals surface area contributed by atoms with E-state index in [1.54, 1.807) is 17.5 Å². The summed E-state index contributed by atoms with van der Waals surface area (Å²) >= 11 is 1.75. The Hall–Kier alpha value is -1.62. The van der Waals surface area contributed by atoms with E-state index in [1.807, 2.05) is 21.8 Å². The van der Waals surface area contributed by atoms with Crippen LogP contribution in [0.5, 0.6) is 0 Å². The van der Waals surface area contributed by atoms with Gasteiger partial charge in [0.05, 0.1) is 6.04 Å². The fraction of sp³-hybridized carbons (Fsp3) is 0.429. The van der Waals surface area contributed by atoms with Gasteiger partial charge in [-0.25, -0.2) is 0 Å². The van der Waals surface area contributed by atoms with E-state index in [9.17, 15) is 4.79 Å². The van der Waals surface area contributed by atoms with Crippen molar-refractivity contribution in [3.8, 4) is 0 Å². The van der Waals surface area contributed by atoms with Crippen LogP contribution in [0.15, 0.2) is 36.0 Å². The molecule has 0 bridgehead atoms. The Kier molecular flexibility index (Phi) is 3.64. The predicted octanol–water partition coefficient (Wildman–Crippen LogP) is 2.70. The zero-order valence-corrected chi connectivity index (χ0v) is 11.6. The summed E-state index contributed by atoms with van der Waals surface area (Å²) in [5.74, 6) is 0.242. The number of hydrogen-bond acceptors (Lipinski definition) is 3. The smallest absolute Gasteiger partial charge is 0.224 e. The van der Waals surface area contributed by atoms with E-state index < -0.39 is 0 Å². The molecular weight excluding hydrogens is 258 g/mol. The molecule has 2 aromatic heterocycles. The lowest BCUT2D eigenvalue weighted by molar-refractivity contribution is -0.132. The van der Waals surface area contributed by atoms with Crippen molar-refractivity contribution in [2.24, 2.45) is 0 Å². The van der Waals surface area contributed by atoms with Crippen LogP contribution in [0.2, 0.25) is 0 Å². The van der Waals surface area contributed by atoms with Gasteiger partial charge in [-0.3, -0.25) is 9.48 Å². The van der Waals surface area contributed by atoms with Crippen molar-refractivity contribution in [1.29, 1.82) is 0 Å². The van der Waals surface area contributed by atoms with E-state index in [-0.39, 0.29) is 5.91 Å². The van der Waals surface area contributed by atoms with Crippen LogP contribution in [0.25, 0.3) is 0 Å². The van der Waals surface area contributed by atoms with E-state index in [2.05, 4.69) is 22.6 Å². The number of carbonyl (C=O) groups is 1. The zero-order valence-electron chi connectivity index (χ0n) is 10.7. The molecule has 3 rings (SSSR count). The first-order chi connectivity index (χ1) is 9.34. The third kappa shape index (κ3) is 2.71. The third-order valence-electron chi connectivity index (χ3n) is 3.56. The van der Waals surface area contributed by atoms with E-state index in [1.165, 1.54) is 4.88 Å². The van der Waals surface area contributed by atoms with Crippen molar-refractivity contribution in [3.63, 3.8) is 0 Å². The Balaban J connectivity index is 1.62. The van der Waals surface area contributed by atoms with Gasteiger partial charge in [0.15, 0.2) is 0 Å². The first-order valence-corrected chi connectivity index (χ1v) is 7.53. The van der Waals surface area contributed by atoms with E-state index in [0.717, 1.165) is 19.4 Å². The molecule has 0 aliphatic carbocycles. The van der Waals surface area contributed by atoms with Gasteiger partial charge in [-0.05, 0) is 30.4 Å². The van der Waals surface area contributed by atoms with Gasteiger partial charge in [-0.1, -0.05) is 6.07 Å². The summed E-state index contributed by atoms with van der Waals surface area (Å²) in [7, 11) is 0. The summed E-state index contributed by atoms with van der Waals surface area (Å²) in [6.45, 7) is 1.56. The van der Waals surface area contributed by atoms with Crippen molar-refractivity contribution in [3.05, 3.63) is 40.8 Å². The van der Waals surface area contributed by atoms with Crippen LogP contribution >= 0.6 is 11.3 Å². The summed E-state index contributed by atoms with van der Waals surface area (Å²) in [4.78, 5) is 15.7. The maximum absolute atomic E-state index is 12.3. The third-order valence-corrected chi connectivity index (χ3v) is 4.53. The first-order valence-electron chi connectivity index (χ1n) is 6.65. The Morgan fingerprint density at radius 2 is 2.42 bits per heavy atom.